The molecule has 0 saturated carbocycles. The molecule has 4 amide bonds. The summed E-state index contributed by atoms with van der Waals surface area (Å²) in [4.78, 5) is 31.5. The first-order valence-electron chi connectivity index (χ1n) is 11.4. The summed E-state index contributed by atoms with van der Waals surface area (Å²) in [5.74, 6) is 1.23. The number of anilines is 1. The third-order valence-electron chi connectivity index (χ3n) is 6.42. The topological polar surface area (TPSA) is 74.4 Å². The Kier molecular flexibility index (Phi) is 6.91. The van der Waals surface area contributed by atoms with Gasteiger partial charge in [-0.3, -0.25) is 0 Å². The number of carbonyl (C=O) groups excluding carboxylic acids is 2. The fourth-order valence-corrected chi connectivity index (χ4v) is 4.46. The Morgan fingerprint density at radius 3 is 2.21 bits per heavy atom. The van der Waals surface area contributed by atoms with E-state index in [2.05, 4.69) is 36.5 Å². The summed E-state index contributed by atoms with van der Waals surface area (Å²) in [6, 6.07) is 13.7. The van der Waals surface area contributed by atoms with Crippen LogP contribution in [0.2, 0.25) is 0 Å². The van der Waals surface area contributed by atoms with Gasteiger partial charge in [0.1, 0.15) is 11.5 Å². The van der Waals surface area contributed by atoms with E-state index in [1.54, 1.807) is 37.3 Å². The lowest BCUT2D eigenvalue weighted by atomic mass is 10.0. The fourth-order valence-electron chi connectivity index (χ4n) is 4.46. The average Bonchev–Trinajstić information content (AvgIpc) is 3.20. The standard InChI is InChI=1S/C25H32N4O4/c1-18-4-6-19(7-5-18)17-28-12-13-29(25(28)31)21-8-10-27(11-9-21)24(30)26-20-14-22(32-2)16-23(15-20)33-3/h4-7,14-16,21H,8-13,17H2,1-3H3,(H,26,30). The summed E-state index contributed by atoms with van der Waals surface area (Å²) < 4.78 is 10.5. The van der Waals surface area contributed by atoms with Gasteiger partial charge in [0.05, 0.1) is 14.2 Å². The highest BCUT2D eigenvalue weighted by Gasteiger charge is 2.36. The number of urea groups is 2. The van der Waals surface area contributed by atoms with Crippen molar-refractivity contribution in [1.29, 1.82) is 0 Å². The number of hydrogen-bond acceptors (Lipinski definition) is 4. The van der Waals surface area contributed by atoms with Gasteiger partial charge < -0.3 is 29.5 Å². The smallest absolute Gasteiger partial charge is 0.321 e. The maximum absolute atomic E-state index is 13.0. The molecule has 0 radical (unpaired) electrons. The van der Waals surface area contributed by atoms with E-state index in [-0.39, 0.29) is 18.1 Å². The number of rotatable bonds is 6. The van der Waals surface area contributed by atoms with Gasteiger partial charge in [-0.2, -0.15) is 0 Å². The Morgan fingerprint density at radius 1 is 0.970 bits per heavy atom. The van der Waals surface area contributed by atoms with Crippen LogP contribution in [0.1, 0.15) is 24.0 Å². The molecule has 8 heteroatoms. The van der Waals surface area contributed by atoms with Crippen molar-refractivity contribution in [3.05, 3.63) is 53.6 Å². The molecule has 0 aromatic heterocycles. The molecule has 2 fully saturated rings. The highest BCUT2D eigenvalue weighted by molar-refractivity contribution is 5.90. The van der Waals surface area contributed by atoms with E-state index in [0.717, 1.165) is 31.5 Å². The lowest BCUT2D eigenvalue weighted by Crippen LogP contribution is -2.49. The highest BCUT2D eigenvalue weighted by Crippen LogP contribution is 2.27. The lowest BCUT2D eigenvalue weighted by molar-refractivity contribution is 0.139. The molecule has 2 aliphatic heterocycles. The van der Waals surface area contributed by atoms with Crippen LogP contribution in [0.25, 0.3) is 0 Å². The number of methoxy groups -OCH3 is 2. The van der Waals surface area contributed by atoms with Gasteiger partial charge in [0.15, 0.2) is 0 Å². The second kappa shape index (κ2) is 10.0. The van der Waals surface area contributed by atoms with E-state index in [9.17, 15) is 9.59 Å². The maximum Gasteiger partial charge on any atom is 0.321 e. The molecule has 2 aliphatic rings. The zero-order valence-corrected chi connectivity index (χ0v) is 19.5. The minimum atomic E-state index is -0.155. The molecule has 0 spiro atoms. The predicted molar refractivity (Wildman–Crippen MR) is 127 cm³/mol. The van der Waals surface area contributed by atoms with E-state index < -0.39 is 0 Å². The van der Waals surface area contributed by atoms with Gasteiger partial charge in [0.25, 0.3) is 0 Å². The molecule has 2 heterocycles. The van der Waals surface area contributed by atoms with Crippen LogP contribution in [0.3, 0.4) is 0 Å². The van der Waals surface area contributed by atoms with E-state index in [0.29, 0.717) is 36.8 Å². The van der Waals surface area contributed by atoms with Crippen molar-refractivity contribution >= 4 is 17.7 Å². The third-order valence-corrected chi connectivity index (χ3v) is 6.42. The molecule has 0 atom stereocenters. The number of likely N-dealkylation sites (tertiary alicyclic amines) is 1. The molecule has 33 heavy (non-hydrogen) atoms. The van der Waals surface area contributed by atoms with Crippen LogP contribution < -0.4 is 14.8 Å². The monoisotopic (exact) mass is 452 g/mol. The van der Waals surface area contributed by atoms with Crippen LogP contribution in [0.4, 0.5) is 15.3 Å². The minimum Gasteiger partial charge on any atom is -0.497 e. The van der Waals surface area contributed by atoms with E-state index >= 15 is 0 Å². The second-order valence-electron chi connectivity index (χ2n) is 8.63. The van der Waals surface area contributed by atoms with Crippen molar-refractivity contribution in [1.82, 2.24) is 14.7 Å². The van der Waals surface area contributed by atoms with Crippen molar-refractivity contribution in [2.75, 3.05) is 45.7 Å². The number of benzene rings is 2. The molecule has 2 saturated heterocycles. The number of aryl methyl sites for hydroxylation is 1. The Morgan fingerprint density at radius 2 is 1.61 bits per heavy atom. The van der Waals surface area contributed by atoms with Crippen LogP contribution in [0.5, 0.6) is 11.5 Å². The van der Waals surface area contributed by atoms with Crippen molar-refractivity contribution in [3.63, 3.8) is 0 Å². The Labute approximate surface area is 195 Å². The van der Waals surface area contributed by atoms with Gasteiger partial charge in [-0.1, -0.05) is 29.8 Å². The van der Waals surface area contributed by atoms with Crippen LogP contribution in [0.15, 0.2) is 42.5 Å². The largest absolute Gasteiger partial charge is 0.497 e. The van der Waals surface area contributed by atoms with Crippen LogP contribution >= 0.6 is 0 Å². The number of carbonyl (C=O) groups is 2. The van der Waals surface area contributed by atoms with Crippen molar-refractivity contribution in [2.24, 2.45) is 0 Å². The van der Waals surface area contributed by atoms with Gasteiger partial charge in [-0.05, 0) is 25.3 Å². The zero-order valence-electron chi connectivity index (χ0n) is 19.5. The molecule has 2 aromatic carbocycles. The Hall–Kier alpha value is -3.42. The normalized spacial score (nSPS) is 16.8. The number of nitrogens with zero attached hydrogens (tertiary/aromatic N) is 3. The number of piperidine rings is 1. The van der Waals surface area contributed by atoms with Gasteiger partial charge in [0.2, 0.25) is 0 Å². The molecule has 1 N–H and O–H groups in total. The predicted octanol–water partition coefficient (Wildman–Crippen LogP) is 3.95. The van der Waals surface area contributed by atoms with Gasteiger partial charge in [-0.15, -0.1) is 0 Å². The fraction of sp³-hybridized carbons (Fsp3) is 0.440. The first-order valence-corrected chi connectivity index (χ1v) is 11.4. The molecule has 8 nitrogen and oxygen atoms in total. The van der Waals surface area contributed by atoms with Crippen LogP contribution in [0, 0.1) is 6.92 Å². The summed E-state index contributed by atoms with van der Waals surface area (Å²) in [5.41, 5.74) is 2.99. The average molecular weight is 453 g/mol. The Balaban J connectivity index is 1.29. The molecule has 0 aliphatic carbocycles. The minimum absolute atomic E-state index is 0.0990. The molecule has 0 unspecified atom stereocenters. The Bertz CT molecular complexity index is 964. The molecule has 0 bridgehead atoms. The SMILES string of the molecule is COc1cc(NC(=O)N2CCC(N3CCN(Cc4ccc(C)cc4)C3=O)CC2)cc(OC)c1. The number of hydrogen-bond donors (Lipinski definition) is 1. The third kappa shape index (κ3) is 5.32. The first kappa shape index (κ1) is 22.8. The highest BCUT2D eigenvalue weighted by atomic mass is 16.5. The summed E-state index contributed by atoms with van der Waals surface area (Å²) in [6.07, 6.45) is 1.55. The molecular weight excluding hydrogens is 420 g/mol. The second-order valence-corrected chi connectivity index (χ2v) is 8.63. The van der Waals surface area contributed by atoms with Gasteiger partial charge >= 0.3 is 12.1 Å². The first-order chi connectivity index (χ1) is 16.0. The number of ether oxygens (including phenoxy) is 2. The number of amides is 4. The van der Waals surface area contributed by atoms with Crippen LogP contribution in [-0.2, 0) is 6.54 Å². The zero-order chi connectivity index (χ0) is 23.4. The van der Waals surface area contributed by atoms with E-state index in [4.69, 9.17) is 9.47 Å². The molecule has 4 rings (SSSR count). The summed E-state index contributed by atoms with van der Waals surface area (Å²) in [7, 11) is 3.15. The van der Waals surface area contributed by atoms with Gasteiger partial charge in [-0.25, -0.2) is 9.59 Å². The number of nitrogens with one attached hydrogen (secondary N) is 1. The summed E-state index contributed by atoms with van der Waals surface area (Å²) >= 11 is 0. The summed E-state index contributed by atoms with van der Waals surface area (Å²) in [6.45, 7) is 5.41. The summed E-state index contributed by atoms with van der Waals surface area (Å²) in [5, 5.41) is 2.93. The molecular formula is C25H32N4O4. The van der Waals surface area contributed by atoms with E-state index in [1.165, 1.54) is 5.56 Å². The maximum atomic E-state index is 13.0. The molecule has 176 valence electrons. The lowest BCUT2D eigenvalue weighted by Gasteiger charge is -2.36. The van der Waals surface area contributed by atoms with Crippen molar-refractivity contribution in [3.8, 4) is 11.5 Å². The van der Waals surface area contributed by atoms with Crippen LogP contribution in [-0.4, -0.2) is 73.2 Å². The molecule has 2 aromatic rings. The van der Waals surface area contributed by atoms with Crippen molar-refractivity contribution < 1.29 is 19.1 Å². The van der Waals surface area contributed by atoms with E-state index in [1.807, 2.05) is 9.80 Å². The van der Waals surface area contributed by atoms with Crippen molar-refractivity contribution in [2.45, 2.75) is 32.4 Å². The van der Waals surface area contributed by atoms with Gasteiger partial charge in [0, 0.05) is 62.7 Å². The quantitative estimate of drug-likeness (QED) is 0.720.